The highest BCUT2D eigenvalue weighted by Crippen LogP contribution is 2.08. The summed E-state index contributed by atoms with van der Waals surface area (Å²) in [5.41, 5.74) is 0. The van der Waals surface area contributed by atoms with Crippen LogP contribution in [0.4, 0.5) is 0 Å². The lowest BCUT2D eigenvalue weighted by molar-refractivity contribution is -0.191. The molecule has 0 spiro atoms. The van der Waals surface area contributed by atoms with E-state index in [1.54, 1.807) is 0 Å². The highest BCUT2D eigenvalue weighted by molar-refractivity contribution is 5.20. The van der Waals surface area contributed by atoms with E-state index in [0.29, 0.717) is 0 Å². The first-order valence-corrected chi connectivity index (χ1v) is 4.07. The minimum atomic E-state index is 0.250. The van der Waals surface area contributed by atoms with Gasteiger partial charge in [-0.1, -0.05) is 13.3 Å². The quantitative estimate of drug-likeness (QED) is 0.616. The number of hydrogen-bond acceptors (Lipinski definition) is 3. The molecular weight excluding hydrogens is 142 g/mol. The van der Waals surface area contributed by atoms with Crippen molar-refractivity contribution in [1.82, 2.24) is 5.32 Å². The summed E-state index contributed by atoms with van der Waals surface area (Å²) in [6.45, 7) is 3.50. The lowest BCUT2D eigenvalue weighted by Crippen LogP contribution is -2.32. The van der Waals surface area contributed by atoms with Gasteiger partial charge in [-0.25, -0.2) is 0 Å². The van der Waals surface area contributed by atoms with Crippen LogP contribution in [0.25, 0.3) is 0 Å². The minimum Gasteiger partial charge on any atom is -0.314 e. The van der Waals surface area contributed by atoms with E-state index in [2.05, 4.69) is 12.2 Å². The summed E-state index contributed by atoms with van der Waals surface area (Å²) in [5, 5.41) is 3.47. The summed E-state index contributed by atoms with van der Waals surface area (Å²) < 4.78 is 0. The Hall–Kier alpha value is -0.660. The van der Waals surface area contributed by atoms with Crippen LogP contribution in [0.3, 0.4) is 0 Å². The highest BCUT2D eigenvalue weighted by Gasteiger charge is 2.08. The molecule has 0 aromatic carbocycles. The molecule has 1 N–H and O–H groups in total. The Morgan fingerprint density at radius 2 is 2.09 bits per heavy atom. The fraction of sp³-hybridized carbons (Fsp3) is 0.875. The van der Waals surface area contributed by atoms with Crippen molar-refractivity contribution >= 4 is 6.15 Å². The second-order valence-corrected chi connectivity index (χ2v) is 2.64. The molecule has 0 aliphatic carbocycles. The molecule has 0 saturated carbocycles. The van der Waals surface area contributed by atoms with Crippen molar-refractivity contribution in [3.05, 3.63) is 0 Å². The van der Waals surface area contributed by atoms with Crippen molar-refractivity contribution in [3.63, 3.8) is 0 Å². The van der Waals surface area contributed by atoms with Gasteiger partial charge in [0.1, 0.15) is 0 Å². The molecule has 11 heavy (non-hydrogen) atoms. The first-order chi connectivity index (χ1) is 5.35. The number of nitrogens with one attached hydrogen (secondary N) is 1. The highest BCUT2D eigenvalue weighted by atomic mass is 16.2. The second kappa shape index (κ2) is 7.45. The third-order valence-electron chi connectivity index (χ3n) is 1.91. The van der Waals surface area contributed by atoms with Gasteiger partial charge in [-0.2, -0.15) is 9.59 Å². The molecule has 64 valence electrons. The Labute approximate surface area is 67.2 Å². The van der Waals surface area contributed by atoms with Gasteiger partial charge in [0.15, 0.2) is 0 Å². The Morgan fingerprint density at radius 1 is 1.45 bits per heavy atom. The number of rotatable bonds is 1. The summed E-state index contributed by atoms with van der Waals surface area (Å²) in [6, 6.07) is 0.837. The van der Waals surface area contributed by atoms with Crippen LogP contribution >= 0.6 is 0 Å². The normalized spacial score (nSPS) is 22.8. The van der Waals surface area contributed by atoms with Crippen molar-refractivity contribution in [2.45, 2.75) is 38.6 Å². The first-order valence-electron chi connectivity index (χ1n) is 4.07. The van der Waals surface area contributed by atoms with Crippen LogP contribution in [0.1, 0.15) is 32.6 Å². The monoisotopic (exact) mass is 157 g/mol. The number of hydrogen-bond donors (Lipinski definition) is 1. The maximum Gasteiger partial charge on any atom is 0.373 e. The minimum absolute atomic E-state index is 0.250. The third-order valence-corrected chi connectivity index (χ3v) is 1.91. The lowest BCUT2D eigenvalue weighted by Gasteiger charge is -2.21. The lowest BCUT2D eigenvalue weighted by atomic mass is 10.0. The molecule has 1 fully saturated rings. The van der Waals surface area contributed by atoms with E-state index in [0.717, 1.165) is 6.04 Å². The Morgan fingerprint density at radius 3 is 2.36 bits per heavy atom. The number of carbonyl (C=O) groups excluding carboxylic acids is 2. The van der Waals surface area contributed by atoms with Crippen LogP contribution in [0, 0.1) is 0 Å². The average Bonchev–Trinajstić information content (AvgIpc) is 2.08. The Balaban J connectivity index is 0.000000292. The molecular formula is C8H15NO2. The van der Waals surface area contributed by atoms with E-state index >= 15 is 0 Å². The van der Waals surface area contributed by atoms with E-state index < -0.39 is 0 Å². The summed E-state index contributed by atoms with van der Waals surface area (Å²) in [7, 11) is 0. The molecule has 1 atom stereocenters. The van der Waals surface area contributed by atoms with Crippen LogP contribution in [-0.2, 0) is 9.59 Å². The summed E-state index contributed by atoms with van der Waals surface area (Å²) in [5.74, 6) is 0. The predicted octanol–water partition coefficient (Wildman–Crippen LogP) is 0.955. The summed E-state index contributed by atoms with van der Waals surface area (Å²) in [6.07, 6.45) is 5.78. The van der Waals surface area contributed by atoms with Gasteiger partial charge in [0.25, 0.3) is 0 Å². The molecule has 3 nitrogen and oxygen atoms in total. The maximum absolute atomic E-state index is 8.12. The van der Waals surface area contributed by atoms with Crippen LogP contribution in [-0.4, -0.2) is 18.7 Å². The molecule has 1 aliphatic rings. The van der Waals surface area contributed by atoms with Gasteiger partial charge in [-0.3, -0.25) is 0 Å². The fourth-order valence-electron chi connectivity index (χ4n) is 1.27. The molecule has 0 aromatic rings. The van der Waals surface area contributed by atoms with Gasteiger partial charge >= 0.3 is 6.15 Å². The van der Waals surface area contributed by atoms with Crippen LogP contribution in [0.2, 0.25) is 0 Å². The molecule has 1 saturated heterocycles. The van der Waals surface area contributed by atoms with E-state index in [1.807, 2.05) is 0 Å². The molecule has 1 rings (SSSR count). The molecule has 0 radical (unpaired) electrons. The van der Waals surface area contributed by atoms with E-state index in [4.69, 9.17) is 9.59 Å². The molecule has 3 heteroatoms. The second-order valence-electron chi connectivity index (χ2n) is 2.64. The third kappa shape index (κ3) is 5.77. The van der Waals surface area contributed by atoms with Gasteiger partial charge in [0.05, 0.1) is 0 Å². The maximum atomic E-state index is 8.12. The number of piperidine rings is 1. The van der Waals surface area contributed by atoms with Crippen molar-refractivity contribution in [1.29, 1.82) is 0 Å². The molecule has 0 aromatic heterocycles. The molecule has 0 bridgehead atoms. The Kier molecular flexibility index (Phi) is 7.00. The predicted molar refractivity (Wildman–Crippen MR) is 40.9 cm³/mol. The van der Waals surface area contributed by atoms with Gasteiger partial charge in [0.2, 0.25) is 0 Å². The van der Waals surface area contributed by atoms with E-state index in [-0.39, 0.29) is 6.15 Å². The van der Waals surface area contributed by atoms with Crippen LogP contribution in [0.5, 0.6) is 0 Å². The summed E-state index contributed by atoms with van der Waals surface area (Å²) in [4.78, 5) is 16.2. The fourth-order valence-corrected chi connectivity index (χ4v) is 1.27. The van der Waals surface area contributed by atoms with E-state index in [9.17, 15) is 0 Å². The van der Waals surface area contributed by atoms with Crippen molar-refractivity contribution in [3.8, 4) is 0 Å². The van der Waals surface area contributed by atoms with Crippen molar-refractivity contribution < 1.29 is 9.59 Å². The smallest absolute Gasteiger partial charge is 0.314 e. The van der Waals surface area contributed by atoms with Gasteiger partial charge in [0, 0.05) is 6.04 Å². The average molecular weight is 157 g/mol. The zero-order valence-electron chi connectivity index (χ0n) is 6.93. The van der Waals surface area contributed by atoms with Crippen molar-refractivity contribution in [2.75, 3.05) is 6.54 Å². The van der Waals surface area contributed by atoms with Gasteiger partial charge in [-0.15, -0.1) is 0 Å². The molecule has 1 aliphatic heterocycles. The molecule has 0 amide bonds. The van der Waals surface area contributed by atoms with Crippen LogP contribution in [0.15, 0.2) is 0 Å². The largest absolute Gasteiger partial charge is 0.373 e. The zero-order chi connectivity index (χ0) is 8.53. The van der Waals surface area contributed by atoms with Crippen molar-refractivity contribution in [2.24, 2.45) is 0 Å². The molecule has 1 heterocycles. The Bertz CT molecular complexity index is 113. The SMILES string of the molecule is CCC1CCCCN1.O=C=O. The zero-order valence-corrected chi connectivity index (χ0v) is 6.93. The summed E-state index contributed by atoms with van der Waals surface area (Å²) >= 11 is 0. The van der Waals surface area contributed by atoms with Gasteiger partial charge < -0.3 is 5.32 Å². The molecule has 1 unspecified atom stereocenters. The first kappa shape index (κ1) is 10.3. The van der Waals surface area contributed by atoms with Gasteiger partial charge in [-0.05, 0) is 25.8 Å². The standard InChI is InChI=1S/C7H15N.CO2/c1-2-7-5-3-4-6-8-7;2-1-3/h7-8H,2-6H2,1H3;. The van der Waals surface area contributed by atoms with Crippen LogP contribution < -0.4 is 5.32 Å². The topological polar surface area (TPSA) is 46.2 Å². The van der Waals surface area contributed by atoms with E-state index in [1.165, 1.54) is 32.2 Å².